The van der Waals surface area contributed by atoms with Crippen molar-refractivity contribution < 1.29 is 0 Å². The second kappa shape index (κ2) is 4.58. The van der Waals surface area contributed by atoms with Gasteiger partial charge in [0.2, 0.25) is 0 Å². The van der Waals surface area contributed by atoms with Crippen molar-refractivity contribution >= 4 is 34.0 Å². The van der Waals surface area contributed by atoms with Crippen LogP contribution in [0, 0.1) is 0 Å². The van der Waals surface area contributed by atoms with Gasteiger partial charge in [0.15, 0.2) is 0 Å². The maximum Gasteiger partial charge on any atom is 0.0500 e. The third-order valence-corrected chi connectivity index (χ3v) is 2.92. The molecule has 2 nitrogen and oxygen atoms in total. The van der Waals surface area contributed by atoms with Crippen LogP contribution in [0.15, 0.2) is 24.4 Å². The first-order valence-corrected chi connectivity index (χ1v) is 5.81. The molecule has 0 radical (unpaired) electrons. The largest absolute Gasteiger partial charge is 0.328 e. The molecule has 16 heavy (non-hydrogen) atoms. The van der Waals surface area contributed by atoms with Crippen molar-refractivity contribution in [2.24, 2.45) is 5.73 Å². The van der Waals surface area contributed by atoms with E-state index in [0.29, 0.717) is 16.5 Å². The summed E-state index contributed by atoms with van der Waals surface area (Å²) in [4.78, 5) is 4.33. The number of pyridine rings is 1. The molecule has 84 valence electrons. The lowest BCUT2D eigenvalue weighted by molar-refractivity contribution is 0.727. The second-order valence-electron chi connectivity index (χ2n) is 3.92. The summed E-state index contributed by atoms with van der Waals surface area (Å²) in [6.45, 7) is 1.95. The van der Waals surface area contributed by atoms with E-state index < -0.39 is 0 Å². The number of rotatable bonds is 2. The van der Waals surface area contributed by atoms with Crippen LogP contribution in [-0.2, 0) is 6.42 Å². The molecule has 0 aliphatic heterocycles. The first-order chi connectivity index (χ1) is 7.58. The molecule has 0 saturated carbocycles. The third kappa shape index (κ3) is 2.29. The van der Waals surface area contributed by atoms with Crippen molar-refractivity contribution in [3.8, 4) is 0 Å². The summed E-state index contributed by atoms with van der Waals surface area (Å²) in [5.74, 6) is 0. The average Bonchev–Trinajstić information content (AvgIpc) is 2.18. The van der Waals surface area contributed by atoms with Crippen molar-refractivity contribution in [2.45, 2.75) is 19.4 Å². The number of benzene rings is 1. The van der Waals surface area contributed by atoms with Crippen molar-refractivity contribution in [1.82, 2.24) is 4.98 Å². The van der Waals surface area contributed by atoms with Gasteiger partial charge < -0.3 is 5.73 Å². The van der Waals surface area contributed by atoms with Crippen LogP contribution in [-0.4, -0.2) is 11.0 Å². The van der Waals surface area contributed by atoms with Gasteiger partial charge in [0.05, 0.1) is 0 Å². The highest BCUT2D eigenvalue weighted by Crippen LogP contribution is 2.29. The minimum Gasteiger partial charge on any atom is -0.328 e. The van der Waals surface area contributed by atoms with Gasteiger partial charge in [-0.15, -0.1) is 0 Å². The summed E-state index contributed by atoms with van der Waals surface area (Å²) in [7, 11) is 0. The van der Waals surface area contributed by atoms with Gasteiger partial charge in [-0.2, -0.15) is 0 Å². The van der Waals surface area contributed by atoms with E-state index in [4.69, 9.17) is 28.9 Å². The molecule has 4 heteroatoms. The number of nitrogens with zero attached hydrogens (tertiary/aromatic N) is 1. The van der Waals surface area contributed by atoms with Crippen LogP contribution in [0.25, 0.3) is 10.8 Å². The standard InChI is InChI=1S/C12H12Cl2N2/c1-7(15)4-12-10-5-8(13)6-11(14)9(10)2-3-16-12/h2-3,5-7H,4,15H2,1H3. The summed E-state index contributed by atoms with van der Waals surface area (Å²) < 4.78 is 0. The molecule has 1 atom stereocenters. The molecule has 0 aliphatic carbocycles. The minimum absolute atomic E-state index is 0.0656. The fourth-order valence-electron chi connectivity index (χ4n) is 1.73. The number of halogens is 2. The summed E-state index contributed by atoms with van der Waals surface area (Å²) in [5.41, 5.74) is 6.73. The fraction of sp³-hybridized carbons (Fsp3) is 0.250. The molecule has 0 bridgehead atoms. The number of hydrogen-bond acceptors (Lipinski definition) is 2. The fourth-order valence-corrected chi connectivity index (χ4v) is 2.29. The molecule has 0 fully saturated rings. The maximum absolute atomic E-state index is 6.13. The van der Waals surface area contributed by atoms with Gasteiger partial charge in [0, 0.05) is 45.2 Å². The highest BCUT2D eigenvalue weighted by atomic mass is 35.5. The summed E-state index contributed by atoms with van der Waals surface area (Å²) in [6.07, 6.45) is 2.47. The molecule has 1 aromatic carbocycles. The van der Waals surface area contributed by atoms with Crippen LogP contribution in [0.3, 0.4) is 0 Å². The van der Waals surface area contributed by atoms with Gasteiger partial charge in [-0.3, -0.25) is 4.98 Å². The predicted molar refractivity (Wildman–Crippen MR) is 69.1 cm³/mol. The molecule has 2 N–H and O–H groups in total. The van der Waals surface area contributed by atoms with E-state index in [-0.39, 0.29) is 6.04 Å². The normalized spacial score (nSPS) is 13.0. The van der Waals surface area contributed by atoms with Crippen molar-refractivity contribution in [3.63, 3.8) is 0 Å². The number of nitrogens with two attached hydrogens (primary N) is 1. The molecule has 0 saturated heterocycles. The van der Waals surface area contributed by atoms with Crippen molar-refractivity contribution in [3.05, 3.63) is 40.1 Å². The maximum atomic E-state index is 6.13. The molecule has 1 aromatic heterocycles. The number of hydrogen-bond donors (Lipinski definition) is 1. The van der Waals surface area contributed by atoms with Gasteiger partial charge in [-0.25, -0.2) is 0 Å². The molecular weight excluding hydrogens is 243 g/mol. The zero-order valence-corrected chi connectivity index (χ0v) is 10.4. The molecule has 2 aromatic rings. The third-order valence-electron chi connectivity index (χ3n) is 2.39. The van der Waals surface area contributed by atoms with Gasteiger partial charge in [0.1, 0.15) is 0 Å². The Morgan fingerprint density at radius 2 is 2.06 bits per heavy atom. The van der Waals surface area contributed by atoms with Gasteiger partial charge in [-0.05, 0) is 25.1 Å². The Morgan fingerprint density at radius 3 is 2.75 bits per heavy atom. The van der Waals surface area contributed by atoms with Gasteiger partial charge in [0.25, 0.3) is 0 Å². The van der Waals surface area contributed by atoms with E-state index in [1.165, 1.54) is 0 Å². The smallest absolute Gasteiger partial charge is 0.0500 e. The first-order valence-electron chi connectivity index (χ1n) is 5.06. The number of fused-ring (bicyclic) bond motifs is 1. The van der Waals surface area contributed by atoms with E-state index >= 15 is 0 Å². The quantitative estimate of drug-likeness (QED) is 0.892. The minimum atomic E-state index is 0.0656. The zero-order chi connectivity index (χ0) is 11.7. The van der Waals surface area contributed by atoms with Crippen molar-refractivity contribution in [2.75, 3.05) is 0 Å². The van der Waals surface area contributed by atoms with E-state index in [1.807, 2.05) is 19.1 Å². The van der Waals surface area contributed by atoms with E-state index in [2.05, 4.69) is 4.98 Å². The monoisotopic (exact) mass is 254 g/mol. The predicted octanol–water partition coefficient (Wildman–Crippen LogP) is 3.43. The summed E-state index contributed by atoms with van der Waals surface area (Å²) >= 11 is 12.1. The Kier molecular flexibility index (Phi) is 3.33. The Hall–Kier alpha value is -0.830. The molecule has 0 aliphatic rings. The van der Waals surface area contributed by atoms with Gasteiger partial charge in [-0.1, -0.05) is 23.2 Å². The molecular formula is C12H12Cl2N2. The van der Waals surface area contributed by atoms with Crippen LogP contribution in [0.4, 0.5) is 0 Å². The van der Waals surface area contributed by atoms with E-state index in [9.17, 15) is 0 Å². The Bertz CT molecular complexity index is 524. The SMILES string of the molecule is CC(N)Cc1nccc2c(Cl)cc(Cl)cc12. The number of aromatic nitrogens is 1. The first kappa shape index (κ1) is 11.6. The second-order valence-corrected chi connectivity index (χ2v) is 4.77. The Balaban J connectivity index is 2.66. The van der Waals surface area contributed by atoms with Gasteiger partial charge >= 0.3 is 0 Å². The zero-order valence-electron chi connectivity index (χ0n) is 8.87. The lowest BCUT2D eigenvalue weighted by atomic mass is 10.1. The Morgan fingerprint density at radius 1 is 1.31 bits per heavy atom. The van der Waals surface area contributed by atoms with Crippen molar-refractivity contribution in [1.29, 1.82) is 0 Å². The molecule has 1 heterocycles. The van der Waals surface area contributed by atoms with Crippen LogP contribution >= 0.6 is 23.2 Å². The van der Waals surface area contributed by atoms with Crippen LogP contribution in [0.1, 0.15) is 12.6 Å². The van der Waals surface area contributed by atoms with Crippen LogP contribution in [0.5, 0.6) is 0 Å². The van der Waals surface area contributed by atoms with E-state index in [0.717, 1.165) is 16.5 Å². The summed E-state index contributed by atoms with van der Waals surface area (Å²) in [5, 5.41) is 3.22. The highest BCUT2D eigenvalue weighted by molar-refractivity contribution is 6.38. The van der Waals surface area contributed by atoms with Crippen LogP contribution in [0.2, 0.25) is 10.0 Å². The molecule has 2 rings (SSSR count). The highest BCUT2D eigenvalue weighted by Gasteiger charge is 2.08. The molecule has 0 amide bonds. The lowest BCUT2D eigenvalue weighted by Crippen LogP contribution is -2.18. The van der Waals surface area contributed by atoms with E-state index in [1.54, 1.807) is 12.3 Å². The topological polar surface area (TPSA) is 38.9 Å². The molecule has 1 unspecified atom stereocenters. The van der Waals surface area contributed by atoms with Crippen LogP contribution < -0.4 is 5.73 Å². The Labute approximate surface area is 104 Å². The lowest BCUT2D eigenvalue weighted by Gasteiger charge is -2.09. The summed E-state index contributed by atoms with van der Waals surface area (Å²) in [6, 6.07) is 5.57. The molecule has 0 spiro atoms. The average molecular weight is 255 g/mol.